The van der Waals surface area contributed by atoms with Gasteiger partial charge in [-0.05, 0) is 54.8 Å². The standard InChI is InChI=1S/C19H20BrNO.CH3NS/c1-4-17-13(2)21(12-14-5-7-15(20)8-6-14)19-10-9-16(22-3)11-18(17)19;2-1-3/h5-11H,4,12H2,1-3H3;1H,(H2,2,3). The summed E-state index contributed by atoms with van der Waals surface area (Å²) in [5, 5.41) is 1.30. The molecule has 0 radical (unpaired) electrons. The molecule has 3 aromatic rings. The molecular weight excluding hydrogens is 396 g/mol. The number of hydrogen-bond acceptors (Lipinski definition) is 2. The zero-order chi connectivity index (χ0) is 18.4. The highest BCUT2D eigenvalue weighted by Gasteiger charge is 2.13. The fourth-order valence-corrected chi connectivity index (χ4v) is 3.34. The summed E-state index contributed by atoms with van der Waals surface area (Å²) in [4.78, 5) is 0. The number of rotatable bonds is 4. The molecule has 5 heteroatoms. The van der Waals surface area contributed by atoms with Crippen LogP contribution < -0.4 is 10.5 Å². The Balaban J connectivity index is 0.000000701. The van der Waals surface area contributed by atoms with Crippen LogP contribution in [0.1, 0.15) is 23.7 Å². The van der Waals surface area contributed by atoms with Gasteiger partial charge in [0.2, 0.25) is 0 Å². The molecule has 0 fully saturated rings. The monoisotopic (exact) mass is 418 g/mol. The second kappa shape index (κ2) is 9.02. The molecule has 0 saturated carbocycles. The predicted molar refractivity (Wildman–Crippen MR) is 114 cm³/mol. The number of aryl methyl sites for hydroxylation is 1. The van der Waals surface area contributed by atoms with Crippen molar-refractivity contribution in [3.05, 3.63) is 63.8 Å². The maximum absolute atomic E-state index is 5.39. The summed E-state index contributed by atoms with van der Waals surface area (Å²) in [5.74, 6) is 0.919. The number of nitrogens with two attached hydrogens (primary N) is 1. The van der Waals surface area contributed by atoms with Crippen LogP contribution in [-0.4, -0.2) is 17.2 Å². The molecule has 3 nitrogen and oxygen atoms in total. The van der Waals surface area contributed by atoms with Crippen molar-refractivity contribution in [2.45, 2.75) is 26.8 Å². The number of ether oxygens (including phenoxy) is 1. The SMILES string of the molecule is CCc1c(C)n(Cc2ccc(Br)cc2)c2ccc(OC)cc12.NC=S. The summed E-state index contributed by atoms with van der Waals surface area (Å²) in [7, 11) is 1.72. The maximum atomic E-state index is 5.39. The largest absolute Gasteiger partial charge is 0.497 e. The molecule has 3 rings (SSSR count). The molecule has 1 heterocycles. The Labute approximate surface area is 162 Å². The first-order chi connectivity index (χ1) is 12.0. The van der Waals surface area contributed by atoms with E-state index in [4.69, 9.17) is 4.74 Å². The highest BCUT2D eigenvalue weighted by molar-refractivity contribution is 9.10. The highest BCUT2D eigenvalue weighted by atomic mass is 79.9. The van der Waals surface area contributed by atoms with Gasteiger partial charge in [-0.3, -0.25) is 0 Å². The first-order valence-corrected chi connectivity index (χ1v) is 9.37. The summed E-state index contributed by atoms with van der Waals surface area (Å²) in [6, 6.07) is 14.9. The van der Waals surface area contributed by atoms with Crippen molar-refractivity contribution in [3.63, 3.8) is 0 Å². The van der Waals surface area contributed by atoms with Gasteiger partial charge >= 0.3 is 0 Å². The average molecular weight is 419 g/mol. The Kier molecular flexibility index (Phi) is 7.02. The number of aromatic nitrogens is 1. The van der Waals surface area contributed by atoms with E-state index in [1.807, 2.05) is 6.07 Å². The normalized spacial score (nSPS) is 10.2. The Hall–Kier alpha value is -1.85. The fraction of sp³-hybridized carbons (Fsp3) is 0.250. The van der Waals surface area contributed by atoms with Crippen molar-refractivity contribution in [2.24, 2.45) is 5.73 Å². The van der Waals surface area contributed by atoms with E-state index < -0.39 is 0 Å². The summed E-state index contributed by atoms with van der Waals surface area (Å²) >= 11 is 7.54. The van der Waals surface area contributed by atoms with Gasteiger partial charge in [-0.2, -0.15) is 0 Å². The van der Waals surface area contributed by atoms with Gasteiger partial charge in [0.05, 0.1) is 12.6 Å². The predicted octanol–water partition coefficient (Wildman–Crippen LogP) is 5.23. The van der Waals surface area contributed by atoms with E-state index in [-0.39, 0.29) is 0 Å². The van der Waals surface area contributed by atoms with Gasteiger partial charge in [0.25, 0.3) is 0 Å². The lowest BCUT2D eigenvalue weighted by Crippen LogP contribution is -2.02. The maximum Gasteiger partial charge on any atom is 0.119 e. The molecule has 25 heavy (non-hydrogen) atoms. The minimum Gasteiger partial charge on any atom is -0.497 e. The van der Waals surface area contributed by atoms with Crippen LogP contribution in [0.5, 0.6) is 5.75 Å². The van der Waals surface area contributed by atoms with Gasteiger partial charge in [-0.15, -0.1) is 0 Å². The number of benzene rings is 2. The molecule has 0 aliphatic rings. The van der Waals surface area contributed by atoms with Gasteiger partial charge < -0.3 is 15.0 Å². The van der Waals surface area contributed by atoms with E-state index in [1.165, 1.54) is 27.7 Å². The number of fused-ring (bicyclic) bond motifs is 1. The van der Waals surface area contributed by atoms with Gasteiger partial charge in [0.15, 0.2) is 0 Å². The summed E-state index contributed by atoms with van der Waals surface area (Å²) < 4.78 is 8.90. The molecule has 0 spiro atoms. The Morgan fingerprint density at radius 3 is 2.40 bits per heavy atom. The van der Waals surface area contributed by atoms with Crippen LogP contribution in [0.15, 0.2) is 46.9 Å². The summed E-state index contributed by atoms with van der Waals surface area (Å²) in [5.41, 5.74) is 11.0. The Morgan fingerprint density at radius 2 is 1.84 bits per heavy atom. The number of methoxy groups -OCH3 is 1. The van der Waals surface area contributed by atoms with Crippen LogP contribution in [0.2, 0.25) is 0 Å². The summed E-state index contributed by atoms with van der Waals surface area (Å²) in [6.07, 6.45) is 1.03. The molecule has 132 valence electrons. The minimum atomic E-state index is 0.891. The zero-order valence-electron chi connectivity index (χ0n) is 14.8. The van der Waals surface area contributed by atoms with E-state index in [2.05, 4.69) is 88.7 Å². The summed E-state index contributed by atoms with van der Waals surface area (Å²) in [6.45, 7) is 5.32. The molecule has 2 aromatic carbocycles. The molecule has 0 aliphatic carbocycles. The van der Waals surface area contributed by atoms with Crippen molar-refractivity contribution in [3.8, 4) is 5.75 Å². The molecule has 2 N–H and O–H groups in total. The quantitative estimate of drug-likeness (QED) is 0.589. The smallest absolute Gasteiger partial charge is 0.119 e. The number of thiocarbonyl (C=S) groups is 1. The van der Waals surface area contributed by atoms with Crippen molar-refractivity contribution in [1.29, 1.82) is 0 Å². The van der Waals surface area contributed by atoms with Crippen LogP contribution in [0.3, 0.4) is 0 Å². The van der Waals surface area contributed by atoms with Crippen molar-refractivity contribution in [2.75, 3.05) is 7.11 Å². The van der Waals surface area contributed by atoms with E-state index in [1.54, 1.807) is 7.11 Å². The van der Waals surface area contributed by atoms with Gasteiger partial charge in [0, 0.05) is 27.6 Å². The topological polar surface area (TPSA) is 40.2 Å². The molecule has 0 amide bonds. The third-order valence-corrected chi connectivity index (χ3v) is 4.80. The van der Waals surface area contributed by atoms with Crippen LogP contribution in [0.25, 0.3) is 10.9 Å². The van der Waals surface area contributed by atoms with E-state index >= 15 is 0 Å². The van der Waals surface area contributed by atoms with Gasteiger partial charge in [0.1, 0.15) is 5.75 Å². The Bertz CT molecular complexity index is 856. The lowest BCUT2D eigenvalue weighted by atomic mass is 10.1. The second-order valence-corrected chi connectivity index (χ2v) is 6.84. The zero-order valence-corrected chi connectivity index (χ0v) is 17.2. The molecule has 0 atom stereocenters. The average Bonchev–Trinajstić information content (AvgIpc) is 2.88. The van der Waals surface area contributed by atoms with E-state index in [9.17, 15) is 0 Å². The highest BCUT2D eigenvalue weighted by Crippen LogP contribution is 2.30. The first kappa shape index (κ1) is 19.5. The Morgan fingerprint density at radius 1 is 1.20 bits per heavy atom. The lowest BCUT2D eigenvalue weighted by molar-refractivity contribution is 0.415. The number of nitrogens with zero attached hydrogens (tertiary/aromatic N) is 1. The number of halogens is 1. The molecule has 0 bridgehead atoms. The fourth-order valence-electron chi connectivity index (χ4n) is 3.08. The van der Waals surface area contributed by atoms with Gasteiger partial charge in [-0.1, -0.05) is 47.2 Å². The second-order valence-electron chi connectivity index (χ2n) is 5.65. The molecule has 0 saturated heterocycles. The molecule has 0 unspecified atom stereocenters. The van der Waals surface area contributed by atoms with Crippen LogP contribution in [0, 0.1) is 6.92 Å². The van der Waals surface area contributed by atoms with Crippen LogP contribution in [0.4, 0.5) is 0 Å². The van der Waals surface area contributed by atoms with Crippen molar-refractivity contribution >= 4 is 44.5 Å². The molecule has 0 aliphatic heterocycles. The van der Waals surface area contributed by atoms with Crippen LogP contribution in [-0.2, 0) is 13.0 Å². The first-order valence-electron chi connectivity index (χ1n) is 8.11. The number of hydrogen-bond donors (Lipinski definition) is 1. The van der Waals surface area contributed by atoms with E-state index in [0.717, 1.165) is 28.7 Å². The van der Waals surface area contributed by atoms with E-state index in [0.29, 0.717) is 0 Å². The lowest BCUT2D eigenvalue weighted by Gasteiger charge is -2.09. The molecule has 1 aromatic heterocycles. The van der Waals surface area contributed by atoms with Gasteiger partial charge in [-0.25, -0.2) is 0 Å². The minimum absolute atomic E-state index is 0.891. The third kappa shape index (κ3) is 4.41. The third-order valence-electron chi connectivity index (χ3n) is 4.27. The van der Waals surface area contributed by atoms with Crippen molar-refractivity contribution in [1.82, 2.24) is 4.57 Å². The van der Waals surface area contributed by atoms with Crippen LogP contribution >= 0.6 is 28.1 Å². The molecular formula is C20H23BrN2OS. The van der Waals surface area contributed by atoms with Crippen molar-refractivity contribution < 1.29 is 4.74 Å².